The minimum atomic E-state index is -0.448. The van der Waals surface area contributed by atoms with Gasteiger partial charge in [0.05, 0.1) is 16.3 Å². The van der Waals surface area contributed by atoms with Gasteiger partial charge in [-0.15, -0.1) is 0 Å². The highest BCUT2D eigenvalue weighted by atomic mass is 32.2. The lowest BCUT2D eigenvalue weighted by Crippen LogP contribution is -2.14. The second-order valence-corrected chi connectivity index (χ2v) is 4.88. The van der Waals surface area contributed by atoms with Crippen LogP contribution in [0.25, 0.3) is 0 Å². The molecule has 0 aromatic heterocycles. The summed E-state index contributed by atoms with van der Waals surface area (Å²) in [7, 11) is 0. The molecule has 0 spiro atoms. The van der Waals surface area contributed by atoms with E-state index in [1.54, 1.807) is 17.8 Å². The Hall–Kier alpha value is -1.43. The Morgan fingerprint density at radius 3 is 2.82 bits per heavy atom. The van der Waals surface area contributed by atoms with Crippen molar-refractivity contribution in [2.24, 2.45) is 5.92 Å². The number of nitrogens with one attached hydrogen (secondary N) is 1. The molecule has 6 heteroatoms. The molecule has 1 aromatic rings. The summed E-state index contributed by atoms with van der Waals surface area (Å²) in [6.07, 6.45) is 2.07. The average molecular weight is 255 g/mol. The molecule has 0 saturated carbocycles. The van der Waals surface area contributed by atoms with E-state index in [1.807, 2.05) is 0 Å². The average Bonchev–Trinajstić information content (AvgIpc) is 2.27. The van der Waals surface area contributed by atoms with Gasteiger partial charge >= 0.3 is 0 Å². The minimum Gasteiger partial charge on any atom is -0.397 e. The summed E-state index contributed by atoms with van der Waals surface area (Å²) in [5.41, 5.74) is 6.93. The first-order chi connectivity index (χ1) is 8.04. The van der Waals surface area contributed by atoms with Gasteiger partial charge in [-0.25, -0.2) is 0 Å². The van der Waals surface area contributed by atoms with Crippen molar-refractivity contribution in [2.45, 2.75) is 6.92 Å². The van der Waals surface area contributed by atoms with E-state index >= 15 is 0 Å². The molecule has 0 amide bonds. The number of nitro groups is 1. The van der Waals surface area contributed by atoms with Crippen LogP contribution < -0.4 is 11.1 Å². The number of anilines is 2. The van der Waals surface area contributed by atoms with Crippen LogP contribution in [0.5, 0.6) is 0 Å². The van der Waals surface area contributed by atoms with Crippen molar-refractivity contribution in [3.63, 3.8) is 0 Å². The molecule has 94 valence electrons. The lowest BCUT2D eigenvalue weighted by Gasteiger charge is -2.13. The Kier molecular flexibility index (Phi) is 5.09. The van der Waals surface area contributed by atoms with Crippen LogP contribution in [-0.2, 0) is 0 Å². The second-order valence-electron chi connectivity index (χ2n) is 3.97. The number of benzene rings is 1. The van der Waals surface area contributed by atoms with Crippen LogP contribution in [0.3, 0.4) is 0 Å². The van der Waals surface area contributed by atoms with Crippen molar-refractivity contribution in [2.75, 3.05) is 29.6 Å². The molecule has 3 N–H and O–H groups in total. The van der Waals surface area contributed by atoms with E-state index in [-0.39, 0.29) is 5.69 Å². The molecule has 0 aliphatic rings. The first-order valence-corrected chi connectivity index (χ1v) is 6.70. The molecule has 0 aliphatic carbocycles. The molecular weight excluding hydrogens is 238 g/mol. The van der Waals surface area contributed by atoms with E-state index < -0.39 is 4.92 Å². The Bertz CT molecular complexity index is 398. The fourth-order valence-corrected chi connectivity index (χ4v) is 2.14. The third-order valence-corrected chi connectivity index (χ3v) is 3.24. The lowest BCUT2D eigenvalue weighted by atomic mass is 10.2. The van der Waals surface area contributed by atoms with Crippen LogP contribution >= 0.6 is 11.8 Å². The van der Waals surface area contributed by atoms with Gasteiger partial charge < -0.3 is 11.1 Å². The summed E-state index contributed by atoms with van der Waals surface area (Å²) < 4.78 is 0. The predicted molar refractivity (Wildman–Crippen MR) is 73.5 cm³/mol. The minimum absolute atomic E-state index is 0.0187. The molecule has 0 aliphatic heterocycles. The highest BCUT2D eigenvalue weighted by Crippen LogP contribution is 2.24. The second kappa shape index (κ2) is 6.34. The van der Waals surface area contributed by atoms with Gasteiger partial charge in [-0.2, -0.15) is 11.8 Å². The summed E-state index contributed by atoms with van der Waals surface area (Å²) in [5, 5.41) is 13.7. The topological polar surface area (TPSA) is 81.2 Å². The number of hydrogen-bond acceptors (Lipinski definition) is 5. The number of rotatable bonds is 6. The summed E-state index contributed by atoms with van der Waals surface area (Å²) in [6.45, 7) is 2.95. The van der Waals surface area contributed by atoms with Crippen LogP contribution in [0.2, 0.25) is 0 Å². The van der Waals surface area contributed by atoms with Crippen molar-refractivity contribution in [3.8, 4) is 0 Å². The first-order valence-electron chi connectivity index (χ1n) is 5.31. The molecule has 0 bridgehead atoms. The van der Waals surface area contributed by atoms with Gasteiger partial charge in [-0.05, 0) is 24.0 Å². The molecule has 1 atom stereocenters. The lowest BCUT2D eigenvalue weighted by molar-refractivity contribution is -0.384. The number of nitrogens with zero attached hydrogens (tertiary/aromatic N) is 1. The normalized spacial score (nSPS) is 12.1. The van der Waals surface area contributed by atoms with Gasteiger partial charge in [0, 0.05) is 18.7 Å². The quantitative estimate of drug-likeness (QED) is 0.464. The van der Waals surface area contributed by atoms with E-state index in [9.17, 15) is 10.1 Å². The number of non-ortho nitro benzene ring substituents is 1. The third-order valence-electron chi connectivity index (χ3n) is 2.34. The van der Waals surface area contributed by atoms with Gasteiger partial charge in [0.2, 0.25) is 0 Å². The molecule has 0 heterocycles. The van der Waals surface area contributed by atoms with Gasteiger partial charge in [-0.1, -0.05) is 6.92 Å². The van der Waals surface area contributed by atoms with Crippen molar-refractivity contribution in [3.05, 3.63) is 28.3 Å². The summed E-state index contributed by atoms with van der Waals surface area (Å²) in [4.78, 5) is 10.1. The van der Waals surface area contributed by atoms with Crippen molar-refractivity contribution in [1.82, 2.24) is 0 Å². The smallest absolute Gasteiger partial charge is 0.271 e. The van der Waals surface area contributed by atoms with Crippen LogP contribution in [0.15, 0.2) is 18.2 Å². The Labute approximate surface area is 105 Å². The zero-order valence-corrected chi connectivity index (χ0v) is 10.8. The molecule has 1 rings (SSSR count). The zero-order chi connectivity index (χ0) is 12.8. The fraction of sp³-hybridized carbons (Fsp3) is 0.455. The van der Waals surface area contributed by atoms with Crippen LogP contribution in [-0.4, -0.2) is 23.5 Å². The third kappa shape index (κ3) is 4.14. The van der Waals surface area contributed by atoms with E-state index in [0.29, 0.717) is 11.6 Å². The van der Waals surface area contributed by atoms with Gasteiger partial charge in [0.1, 0.15) is 0 Å². The zero-order valence-electron chi connectivity index (χ0n) is 9.97. The molecule has 0 saturated heterocycles. The number of hydrogen-bond donors (Lipinski definition) is 2. The Balaban J connectivity index is 2.63. The summed E-state index contributed by atoms with van der Waals surface area (Å²) in [5.74, 6) is 1.60. The maximum absolute atomic E-state index is 10.5. The molecule has 5 nitrogen and oxygen atoms in total. The summed E-state index contributed by atoms with van der Waals surface area (Å²) >= 11 is 1.79. The van der Waals surface area contributed by atoms with Crippen LogP contribution in [0, 0.1) is 16.0 Å². The molecule has 1 unspecified atom stereocenters. The maximum Gasteiger partial charge on any atom is 0.271 e. The fourth-order valence-electron chi connectivity index (χ4n) is 1.45. The summed E-state index contributed by atoms with van der Waals surface area (Å²) in [6, 6.07) is 4.48. The Morgan fingerprint density at radius 2 is 2.29 bits per heavy atom. The van der Waals surface area contributed by atoms with Gasteiger partial charge in [0.15, 0.2) is 0 Å². The molecule has 0 radical (unpaired) electrons. The molecule has 1 aromatic carbocycles. The number of nitro benzene ring substituents is 1. The number of thioether (sulfide) groups is 1. The molecule has 0 fully saturated rings. The Morgan fingerprint density at radius 1 is 1.59 bits per heavy atom. The van der Waals surface area contributed by atoms with E-state index in [1.165, 1.54) is 12.1 Å². The van der Waals surface area contributed by atoms with Crippen molar-refractivity contribution < 1.29 is 4.92 Å². The molecule has 17 heavy (non-hydrogen) atoms. The largest absolute Gasteiger partial charge is 0.397 e. The molecular formula is C11H17N3O2S. The van der Waals surface area contributed by atoms with Crippen LogP contribution in [0.4, 0.5) is 17.1 Å². The van der Waals surface area contributed by atoms with Crippen molar-refractivity contribution >= 4 is 28.8 Å². The number of nitrogens with two attached hydrogens (primary N) is 1. The van der Waals surface area contributed by atoms with E-state index in [0.717, 1.165) is 18.0 Å². The highest BCUT2D eigenvalue weighted by Gasteiger charge is 2.09. The van der Waals surface area contributed by atoms with Crippen LogP contribution in [0.1, 0.15) is 6.92 Å². The number of nitrogen functional groups attached to an aromatic ring is 1. The van der Waals surface area contributed by atoms with Gasteiger partial charge in [-0.3, -0.25) is 10.1 Å². The monoisotopic (exact) mass is 255 g/mol. The van der Waals surface area contributed by atoms with Crippen molar-refractivity contribution in [1.29, 1.82) is 0 Å². The van der Waals surface area contributed by atoms with Gasteiger partial charge in [0.25, 0.3) is 5.69 Å². The van der Waals surface area contributed by atoms with E-state index in [2.05, 4.69) is 18.5 Å². The first kappa shape index (κ1) is 13.6. The standard InChI is InChI=1S/C11H17N3O2S/c1-8(7-17-2)6-13-11-4-3-9(14(15)16)5-10(11)12/h3-5,8,13H,6-7,12H2,1-2H3. The maximum atomic E-state index is 10.5. The highest BCUT2D eigenvalue weighted by molar-refractivity contribution is 7.98. The SMILES string of the molecule is CSCC(C)CNc1ccc([N+](=O)[O-])cc1N. The predicted octanol–water partition coefficient (Wildman–Crippen LogP) is 2.59. The van der Waals surface area contributed by atoms with E-state index in [4.69, 9.17) is 5.73 Å².